The number of likely N-dealkylation sites (N-methyl/N-ethyl adjacent to an activating group) is 1. The van der Waals surface area contributed by atoms with Gasteiger partial charge in [-0.05, 0) is 26.3 Å². The van der Waals surface area contributed by atoms with Crippen molar-refractivity contribution in [2.24, 2.45) is 0 Å². The van der Waals surface area contributed by atoms with E-state index in [0.717, 1.165) is 30.8 Å². The van der Waals surface area contributed by atoms with Crippen molar-refractivity contribution in [2.75, 3.05) is 13.6 Å². The van der Waals surface area contributed by atoms with Gasteiger partial charge < -0.3 is 10.2 Å². The second-order valence-corrected chi connectivity index (χ2v) is 4.85. The average Bonchev–Trinajstić information content (AvgIpc) is 2.73. The van der Waals surface area contributed by atoms with E-state index >= 15 is 0 Å². The van der Waals surface area contributed by atoms with Crippen molar-refractivity contribution < 1.29 is 4.79 Å². The topological polar surface area (TPSA) is 58.1 Å². The number of hydrogen-bond donors (Lipinski definition) is 1. The molecule has 0 spiro atoms. The van der Waals surface area contributed by atoms with E-state index in [9.17, 15) is 4.79 Å². The average molecular weight is 240 g/mol. The number of amides is 1. The Hall–Kier alpha value is -1.01. The van der Waals surface area contributed by atoms with Gasteiger partial charge >= 0.3 is 0 Å². The van der Waals surface area contributed by atoms with Crippen molar-refractivity contribution in [1.29, 1.82) is 0 Å². The van der Waals surface area contributed by atoms with E-state index in [1.807, 2.05) is 11.9 Å². The van der Waals surface area contributed by atoms with Crippen LogP contribution in [0.4, 0.5) is 0 Å². The molecule has 1 aliphatic heterocycles. The van der Waals surface area contributed by atoms with E-state index in [-0.39, 0.29) is 11.9 Å². The largest absolute Gasteiger partial charge is 0.335 e. The Labute approximate surface area is 98.9 Å². The number of nitrogens with one attached hydrogen (secondary N) is 1. The van der Waals surface area contributed by atoms with Gasteiger partial charge in [0.25, 0.3) is 0 Å². The Kier molecular flexibility index (Phi) is 3.84. The minimum absolute atomic E-state index is 0.0320. The van der Waals surface area contributed by atoms with Gasteiger partial charge in [0.2, 0.25) is 5.91 Å². The highest BCUT2D eigenvalue weighted by molar-refractivity contribution is 7.09. The number of aromatic nitrogens is 2. The Balaban J connectivity index is 2.04. The summed E-state index contributed by atoms with van der Waals surface area (Å²) >= 11 is 1.50. The van der Waals surface area contributed by atoms with Crippen molar-refractivity contribution in [3.8, 4) is 0 Å². The molecule has 0 saturated carbocycles. The molecular weight excluding hydrogens is 224 g/mol. The predicted octanol–water partition coefficient (Wildman–Crippen LogP) is 0.639. The molecule has 1 unspecified atom stereocenters. The number of hydrogen-bond acceptors (Lipinski definition) is 5. The zero-order valence-corrected chi connectivity index (χ0v) is 10.2. The molecule has 88 valence electrons. The first-order valence-electron chi connectivity index (χ1n) is 5.52. The van der Waals surface area contributed by atoms with E-state index in [1.165, 1.54) is 11.3 Å². The molecule has 16 heavy (non-hydrogen) atoms. The predicted molar refractivity (Wildman–Crippen MR) is 62.0 cm³/mol. The highest BCUT2D eigenvalue weighted by Gasteiger charge is 2.25. The Morgan fingerprint density at radius 2 is 2.50 bits per heavy atom. The number of carbonyl (C=O) groups excluding carboxylic acids is 1. The summed E-state index contributed by atoms with van der Waals surface area (Å²) in [4.78, 5) is 14.0. The van der Waals surface area contributed by atoms with Crippen LogP contribution >= 0.6 is 11.3 Å². The molecule has 1 saturated heterocycles. The van der Waals surface area contributed by atoms with Crippen LogP contribution in [-0.2, 0) is 11.3 Å². The fourth-order valence-corrected chi connectivity index (χ4v) is 2.50. The van der Waals surface area contributed by atoms with Gasteiger partial charge in [-0.2, -0.15) is 0 Å². The summed E-state index contributed by atoms with van der Waals surface area (Å²) in [7, 11) is 1.84. The van der Waals surface area contributed by atoms with Gasteiger partial charge in [0.1, 0.15) is 10.5 Å². The summed E-state index contributed by atoms with van der Waals surface area (Å²) in [6.07, 6.45) is 3.11. The molecule has 0 aliphatic carbocycles. The zero-order valence-electron chi connectivity index (χ0n) is 9.35. The van der Waals surface area contributed by atoms with E-state index in [4.69, 9.17) is 0 Å². The molecule has 0 bridgehead atoms. The molecule has 1 fully saturated rings. The van der Waals surface area contributed by atoms with Gasteiger partial charge in [-0.15, -0.1) is 21.5 Å². The van der Waals surface area contributed by atoms with Gasteiger partial charge in [-0.25, -0.2) is 0 Å². The smallest absolute Gasteiger partial charge is 0.240 e. The molecule has 6 heteroatoms. The fraction of sp³-hybridized carbons (Fsp3) is 0.700. The lowest BCUT2D eigenvalue weighted by molar-refractivity contribution is -0.133. The fourth-order valence-electron chi connectivity index (χ4n) is 1.96. The Morgan fingerprint density at radius 1 is 1.62 bits per heavy atom. The second kappa shape index (κ2) is 5.36. The van der Waals surface area contributed by atoms with Gasteiger partial charge in [0, 0.05) is 6.54 Å². The monoisotopic (exact) mass is 240 g/mol. The minimum atomic E-state index is -0.0320. The first kappa shape index (κ1) is 11.5. The maximum absolute atomic E-state index is 12.1. The lowest BCUT2D eigenvalue weighted by Gasteiger charge is -2.22. The summed E-state index contributed by atoms with van der Waals surface area (Å²) in [5, 5.41) is 11.8. The third-order valence-corrected chi connectivity index (χ3v) is 3.54. The van der Waals surface area contributed by atoms with Gasteiger partial charge in [0.05, 0.1) is 12.6 Å². The van der Waals surface area contributed by atoms with Crippen LogP contribution in [0.15, 0.2) is 5.51 Å². The van der Waals surface area contributed by atoms with Crippen LogP contribution < -0.4 is 5.32 Å². The molecule has 1 amide bonds. The van der Waals surface area contributed by atoms with E-state index in [0.29, 0.717) is 6.54 Å². The van der Waals surface area contributed by atoms with Gasteiger partial charge in [-0.1, -0.05) is 0 Å². The number of carbonyl (C=O) groups is 1. The summed E-state index contributed by atoms with van der Waals surface area (Å²) in [6, 6.07) is -0.0320. The number of likely N-dealkylation sites (tertiary alicyclic amines) is 1. The summed E-state index contributed by atoms with van der Waals surface area (Å²) < 4.78 is 0. The standard InChI is InChI=1S/C10H16N4OS/c1-11-8-4-2-3-5-14(10(8)15)6-9-13-12-7-16-9/h7-8,11H,2-6H2,1H3. The Morgan fingerprint density at radius 3 is 3.19 bits per heavy atom. The van der Waals surface area contributed by atoms with Crippen LogP contribution in [0.5, 0.6) is 0 Å². The first-order chi connectivity index (χ1) is 7.81. The maximum Gasteiger partial charge on any atom is 0.240 e. The molecule has 1 N–H and O–H groups in total. The van der Waals surface area contributed by atoms with Crippen molar-refractivity contribution in [3.63, 3.8) is 0 Å². The molecule has 0 aromatic carbocycles. The SMILES string of the molecule is CNC1CCCCN(Cc2nncs2)C1=O. The molecule has 1 aromatic rings. The third kappa shape index (κ3) is 2.56. The molecule has 5 nitrogen and oxygen atoms in total. The van der Waals surface area contributed by atoms with Gasteiger partial charge in [0.15, 0.2) is 0 Å². The van der Waals surface area contributed by atoms with Gasteiger partial charge in [-0.3, -0.25) is 4.79 Å². The second-order valence-electron chi connectivity index (χ2n) is 3.93. The van der Waals surface area contributed by atoms with E-state index < -0.39 is 0 Å². The molecule has 2 rings (SSSR count). The summed E-state index contributed by atoms with van der Waals surface area (Å²) in [6.45, 7) is 1.43. The van der Waals surface area contributed by atoms with E-state index in [2.05, 4.69) is 15.5 Å². The van der Waals surface area contributed by atoms with Crippen LogP contribution in [-0.4, -0.2) is 40.6 Å². The first-order valence-corrected chi connectivity index (χ1v) is 6.40. The van der Waals surface area contributed by atoms with Crippen LogP contribution in [0.3, 0.4) is 0 Å². The van der Waals surface area contributed by atoms with Crippen molar-refractivity contribution in [3.05, 3.63) is 10.5 Å². The van der Waals surface area contributed by atoms with Crippen molar-refractivity contribution >= 4 is 17.2 Å². The van der Waals surface area contributed by atoms with Crippen LogP contribution in [0.1, 0.15) is 24.3 Å². The number of rotatable bonds is 3. The quantitative estimate of drug-likeness (QED) is 0.842. The molecule has 1 aliphatic rings. The lowest BCUT2D eigenvalue weighted by Crippen LogP contribution is -2.43. The maximum atomic E-state index is 12.1. The van der Waals surface area contributed by atoms with Crippen LogP contribution in [0.25, 0.3) is 0 Å². The highest BCUT2D eigenvalue weighted by Crippen LogP contribution is 2.15. The molecular formula is C10H16N4OS. The van der Waals surface area contributed by atoms with Crippen molar-refractivity contribution in [1.82, 2.24) is 20.4 Å². The lowest BCUT2D eigenvalue weighted by atomic mass is 10.1. The van der Waals surface area contributed by atoms with E-state index in [1.54, 1.807) is 5.51 Å². The van der Waals surface area contributed by atoms with Crippen molar-refractivity contribution in [2.45, 2.75) is 31.8 Å². The zero-order chi connectivity index (χ0) is 11.4. The highest BCUT2D eigenvalue weighted by atomic mass is 32.1. The normalized spacial score (nSPS) is 22.2. The summed E-state index contributed by atoms with van der Waals surface area (Å²) in [5.74, 6) is 0.190. The molecule has 1 aromatic heterocycles. The summed E-state index contributed by atoms with van der Waals surface area (Å²) in [5.41, 5.74) is 1.70. The Bertz CT molecular complexity index is 341. The third-order valence-electron chi connectivity index (χ3n) is 2.86. The molecule has 2 heterocycles. The van der Waals surface area contributed by atoms with Crippen LogP contribution in [0.2, 0.25) is 0 Å². The minimum Gasteiger partial charge on any atom is -0.335 e. The molecule has 0 radical (unpaired) electrons. The van der Waals surface area contributed by atoms with Crippen LogP contribution in [0, 0.1) is 0 Å². The molecule has 1 atom stereocenters. The number of nitrogens with zero attached hydrogens (tertiary/aromatic N) is 3.